The standard InChI is InChI=1S/C19H24Cl2O7/c1-10-3-4-18(8-25-12(22)6-20)11(5-10)27-16-14(24)15(28-13(23)7-21)17(18,2)19(16)9-26-19/h5,11,14-16,24H,3-4,6-9H2,1-2H3/t11-,14-,15-,16-,17-,18-,19-/m1/s1. The quantitative estimate of drug-likeness (QED) is 0.303. The molecule has 4 rings (SSSR count). The van der Waals surface area contributed by atoms with Gasteiger partial charge in [0.25, 0.3) is 0 Å². The van der Waals surface area contributed by atoms with Crippen LogP contribution < -0.4 is 0 Å². The van der Waals surface area contributed by atoms with Gasteiger partial charge in [0.2, 0.25) is 0 Å². The van der Waals surface area contributed by atoms with Gasteiger partial charge in [-0.1, -0.05) is 18.6 Å². The van der Waals surface area contributed by atoms with Crippen molar-refractivity contribution in [2.24, 2.45) is 10.8 Å². The lowest BCUT2D eigenvalue weighted by molar-refractivity contribution is -0.233. The van der Waals surface area contributed by atoms with Crippen molar-refractivity contribution < 1.29 is 33.6 Å². The molecule has 4 aliphatic rings. The molecule has 28 heavy (non-hydrogen) atoms. The molecule has 2 saturated heterocycles. The first-order valence-corrected chi connectivity index (χ1v) is 10.4. The molecule has 0 aromatic heterocycles. The van der Waals surface area contributed by atoms with Crippen LogP contribution in [0.25, 0.3) is 0 Å². The molecule has 1 N–H and O–H groups in total. The van der Waals surface area contributed by atoms with Crippen LogP contribution in [0.1, 0.15) is 26.7 Å². The molecule has 0 unspecified atom stereocenters. The van der Waals surface area contributed by atoms with E-state index in [1.54, 1.807) is 0 Å². The van der Waals surface area contributed by atoms with Gasteiger partial charge in [-0.3, -0.25) is 9.59 Å². The van der Waals surface area contributed by atoms with E-state index in [1.165, 1.54) is 0 Å². The fourth-order valence-electron chi connectivity index (χ4n) is 5.61. The van der Waals surface area contributed by atoms with Crippen molar-refractivity contribution in [1.82, 2.24) is 0 Å². The summed E-state index contributed by atoms with van der Waals surface area (Å²) in [5.74, 6) is -1.74. The van der Waals surface area contributed by atoms with Crippen molar-refractivity contribution in [2.45, 2.75) is 56.7 Å². The van der Waals surface area contributed by atoms with Gasteiger partial charge in [0.05, 0.1) is 18.1 Å². The van der Waals surface area contributed by atoms with Gasteiger partial charge in [-0.05, 0) is 19.8 Å². The average molecular weight is 435 g/mol. The maximum Gasteiger partial charge on any atom is 0.321 e. The first-order valence-electron chi connectivity index (χ1n) is 9.37. The Bertz CT molecular complexity index is 721. The van der Waals surface area contributed by atoms with E-state index in [9.17, 15) is 14.7 Å². The summed E-state index contributed by atoms with van der Waals surface area (Å²) in [5.41, 5.74) is -1.22. The fraction of sp³-hybridized carbons (Fsp3) is 0.789. The normalized spacial score (nSPS) is 46.0. The van der Waals surface area contributed by atoms with E-state index in [0.29, 0.717) is 13.0 Å². The zero-order valence-corrected chi connectivity index (χ0v) is 17.3. The van der Waals surface area contributed by atoms with Crippen molar-refractivity contribution in [1.29, 1.82) is 0 Å². The van der Waals surface area contributed by atoms with E-state index in [1.807, 2.05) is 19.9 Å². The van der Waals surface area contributed by atoms with Crippen molar-refractivity contribution in [2.75, 3.05) is 25.0 Å². The number of aliphatic hydroxyl groups is 1. The minimum atomic E-state index is -1.07. The van der Waals surface area contributed by atoms with Gasteiger partial charge >= 0.3 is 11.9 Å². The molecule has 1 spiro atoms. The predicted octanol–water partition coefficient (Wildman–Crippen LogP) is 1.56. The maximum absolute atomic E-state index is 12.0. The Balaban J connectivity index is 1.81. The van der Waals surface area contributed by atoms with Crippen molar-refractivity contribution in [3.05, 3.63) is 11.6 Å². The molecule has 7 nitrogen and oxygen atoms in total. The van der Waals surface area contributed by atoms with Crippen LogP contribution in [0, 0.1) is 10.8 Å². The molecule has 3 fully saturated rings. The van der Waals surface area contributed by atoms with Crippen LogP contribution in [0.5, 0.6) is 0 Å². The zero-order chi connectivity index (χ0) is 20.3. The Hall–Kier alpha value is -0.860. The largest absolute Gasteiger partial charge is 0.464 e. The third kappa shape index (κ3) is 2.53. The second kappa shape index (κ2) is 6.84. The topological polar surface area (TPSA) is 94.6 Å². The number of hydrogen-bond acceptors (Lipinski definition) is 7. The SMILES string of the molecule is CC1=C[C@H]2O[C@@H]3[C@H](O)[C@@H](OC(=O)CCl)[C@](C)([C@@]2(COC(=O)CCl)CC1)[C@@]31CO1. The highest BCUT2D eigenvalue weighted by atomic mass is 35.5. The number of hydrogen-bond donors (Lipinski definition) is 1. The number of ether oxygens (including phenoxy) is 4. The number of esters is 2. The summed E-state index contributed by atoms with van der Waals surface area (Å²) in [6.45, 7) is 4.36. The van der Waals surface area contributed by atoms with Crippen molar-refractivity contribution in [3.63, 3.8) is 0 Å². The molecule has 156 valence electrons. The number of halogens is 2. The van der Waals surface area contributed by atoms with Gasteiger partial charge in [-0.25, -0.2) is 0 Å². The Morgan fingerprint density at radius 1 is 1.32 bits per heavy atom. The van der Waals surface area contributed by atoms with Gasteiger partial charge in [0.1, 0.15) is 42.3 Å². The molecule has 0 aromatic carbocycles. The van der Waals surface area contributed by atoms with Crippen LogP contribution in [0.2, 0.25) is 0 Å². The molecule has 9 heteroatoms. The highest BCUT2D eigenvalue weighted by molar-refractivity contribution is 6.26. The van der Waals surface area contributed by atoms with Gasteiger partial charge in [-0.15, -0.1) is 23.2 Å². The Labute approximate surface area is 173 Å². The van der Waals surface area contributed by atoms with Gasteiger partial charge in [-0.2, -0.15) is 0 Å². The Kier molecular flexibility index (Phi) is 4.99. The minimum absolute atomic E-state index is 0.0307. The summed E-state index contributed by atoms with van der Waals surface area (Å²) in [4.78, 5) is 23.9. The summed E-state index contributed by atoms with van der Waals surface area (Å²) in [6, 6.07) is 0. The van der Waals surface area contributed by atoms with Gasteiger partial charge in [0.15, 0.2) is 0 Å². The highest BCUT2D eigenvalue weighted by Gasteiger charge is 2.85. The third-order valence-electron chi connectivity index (χ3n) is 7.22. The molecule has 2 heterocycles. The summed E-state index contributed by atoms with van der Waals surface area (Å²) in [7, 11) is 0. The Morgan fingerprint density at radius 2 is 2.00 bits per heavy atom. The molecule has 2 aliphatic heterocycles. The molecular weight excluding hydrogens is 411 g/mol. The van der Waals surface area contributed by atoms with Gasteiger partial charge < -0.3 is 24.1 Å². The lowest BCUT2D eigenvalue weighted by Gasteiger charge is -2.58. The second-order valence-electron chi connectivity index (χ2n) is 8.36. The number of epoxide rings is 1. The first-order chi connectivity index (χ1) is 13.3. The number of allylic oxidation sites excluding steroid dienone is 1. The second-order valence-corrected chi connectivity index (χ2v) is 8.89. The van der Waals surface area contributed by atoms with Crippen molar-refractivity contribution >= 4 is 35.1 Å². The predicted molar refractivity (Wildman–Crippen MR) is 99.2 cm³/mol. The molecule has 2 bridgehead atoms. The number of carbonyl (C=O) groups excluding carboxylic acids is 2. The van der Waals surface area contributed by atoms with E-state index >= 15 is 0 Å². The molecule has 2 aliphatic carbocycles. The van der Waals surface area contributed by atoms with Crippen molar-refractivity contribution in [3.8, 4) is 0 Å². The van der Waals surface area contributed by atoms with Crippen LogP contribution >= 0.6 is 23.2 Å². The monoisotopic (exact) mass is 434 g/mol. The maximum atomic E-state index is 12.0. The van der Waals surface area contributed by atoms with E-state index in [-0.39, 0.29) is 18.4 Å². The summed E-state index contributed by atoms with van der Waals surface area (Å²) >= 11 is 11.3. The van der Waals surface area contributed by atoms with Crippen LogP contribution in [0.3, 0.4) is 0 Å². The van der Waals surface area contributed by atoms with E-state index < -0.39 is 52.8 Å². The summed E-state index contributed by atoms with van der Waals surface area (Å²) in [6.07, 6.45) is 0.388. The number of rotatable bonds is 5. The van der Waals surface area contributed by atoms with Gasteiger partial charge in [0, 0.05) is 5.41 Å². The molecular formula is C19H24Cl2O7. The molecule has 0 amide bonds. The molecule has 0 radical (unpaired) electrons. The lowest BCUT2D eigenvalue weighted by atomic mass is 9.51. The number of carbonyl (C=O) groups is 2. The van der Waals surface area contributed by atoms with E-state index in [4.69, 9.17) is 42.1 Å². The van der Waals surface area contributed by atoms with Crippen LogP contribution in [0.15, 0.2) is 11.6 Å². The lowest BCUT2D eigenvalue weighted by Crippen LogP contribution is -2.66. The molecule has 1 saturated carbocycles. The summed E-state index contributed by atoms with van der Waals surface area (Å²) in [5, 5.41) is 11.0. The van der Waals surface area contributed by atoms with Crippen LogP contribution in [-0.4, -0.2) is 72.0 Å². The smallest absolute Gasteiger partial charge is 0.321 e. The highest BCUT2D eigenvalue weighted by Crippen LogP contribution is 2.72. The van der Waals surface area contributed by atoms with Crippen LogP contribution in [0.4, 0.5) is 0 Å². The van der Waals surface area contributed by atoms with E-state index in [2.05, 4.69) is 0 Å². The number of fused-ring (bicyclic) bond motifs is 2. The summed E-state index contributed by atoms with van der Waals surface area (Å²) < 4.78 is 23.3. The molecule has 0 aromatic rings. The van der Waals surface area contributed by atoms with Crippen LogP contribution in [-0.2, 0) is 28.5 Å². The fourth-order valence-corrected chi connectivity index (χ4v) is 5.75. The zero-order valence-electron chi connectivity index (χ0n) is 15.8. The number of aliphatic hydroxyl groups excluding tert-OH is 1. The average Bonchev–Trinajstić information content (AvgIpc) is 3.47. The minimum Gasteiger partial charge on any atom is -0.464 e. The molecule has 7 atom stereocenters. The first kappa shape index (κ1) is 20.4. The Morgan fingerprint density at radius 3 is 2.61 bits per heavy atom. The number of alkyl halides is 2. The third-order valence-corrected chi connectivity index (χ3v) is 7.66. The van der Waals surface area contributed by atoms with E-state index in [0.717, 1.165) is 12.0 Å².